The van der Waals surface area contributed by atoms with Crippen molar-refractivity contribution in [1.29, 1.82) is 0 Å². The first-order chi connectivity index (χ1) is 13.4. The number of β-amino-alcohol motifs (C(OH)–C–C–N with tert-alkyl or cyclic N) is 1. The van der Waals surface area contributed by atoms with Crippen LogP contribution in [0.15, 0.2) is 17.1 Å². The van der Waals surface area contributed by atoms with E-state index in [-0.39, 0.29) is 41.4 Å². The summed E-state index contributed by atoms with van der Waals surface area (Å²) in [5, 5.41) is 19.5. The molecular formula is C19H23FN2O7. The predicted octanol–water partition coefficient (Wildman–Crippen LogP) is 0.553. The Kier molecular flexibility index (Phi) is 5.52. The van der Waals surface area contributed by atoms with E-state index in [1.807, 2.05) is 0 Å². The fourth-order valence-corrected chi connectivity index (χ4v) is 3.90. The number of methoxy groups -OCH3 is 2. The lowest BCUT2D eigenvalue weighted by Crippen LogP contribution is -2.25. The smallest absolute Gasteiger partial charge is 0.341 e. The number of carboxylic acids is 1. The van der Waals surface area contributed by atoms with Crippen LogP contribution in [0.25, 0.3) is 10.9 Å². The van der Waals surface area contributed by atoms with Gasteiger partial charge in [-0.1, -0.05) is 0 Å². The number of pyridine rings is 1. The van der Waals surface area contributed by atoms with Gasteiger partial charge in [-0.2, -0.15) is 0 Å². The summed E-state index contributed by atoms with van der Waals surface area (Å²) in [6, 6.07) is 1.09. The normalized spacial score (nSPS) is 21.3. The number of aromatic carboxylic acids is 1. The number of carboxylic acid groups (broad SMARTS) is 1. The van der Waals surface area contributed by atoms with E-state index in [9.17, 15) is 19.8 Å². The zero-order valence-corrected chi connectivity index (χ0v) is 16.0. The molecule has 0 spiro atoms. The van der Waals surface area contributed by atoms with Crippen LogP contribution in [0.1, 0.15) is 29.2 Å². The lowest BCUT2D eigenvalue weighted by atomic mass is 10.1. The number of anilines is 1. The number of hydrogen-bond donors (Lipinski definition) is 2. The van der Waals surface area contributed by atoms with Gasteiger partial charge in [-0.15, -0.1) is 0 Å². The van der Waals surface area contributed by atoms with Crippen LogP contribution in [-0.4, -0.2) is 65.7 Å². The van der Waals surface area contributed by atoms with Crippen LogP contribution in [0.4, 0.5) is 10.1 Å². The number of halogens is 1. The highest BCUT2D eigenvalue weighted by Crippen LogP contribution is 2.44. The second-order valence-corrected chi connectivity index (χ2v) is 7.20. The van der Waals surface area contributed by atoms with Gasteiger partial charge in [-0.05, 0) is 18.9 Å². The Labute approximate surface area is 165 Å². The largest absolute Gasteiger partial charge is 0.492 e. The summed E-state index contributed by atoms with van der Waals surface area (Å²) >= 11 is 0. The number of aliphatic hydroxyl groups excluding tert-OH is 1. The van der Waals surface area contributed by atoms with Gasteiger partial charge in [0.2, 0.25) is 5.43 Å². The summed E-state index contributed by atoms with van der Waals surface area (Å²) in [4.78, 5) is 25.8. The van der Waals surface area contributed by atoms with Crippen molar-refractivity contribution < 1.29 is 34.3 Å². The van der Waals surface area contributed by atoms with Gasteiger partial charge in [0, 0.05) is 32.4 Å². The molecule has 1 aliphatic heterocycles. The molecule has 2 unspecified atom stereocenters. The van der Waals surface area contributed by atoms with Crippen LogP contribution >= 0.6 is 0 Å². The Morgan fingerprint density at radius 3 is 2.48 bits per heavy atom. The van der Waals surface area contributed by atoms with E-state index in [1.165, 1.54) is 20.4 Å². The molecule has 1 saturated heterocycles. The number of aromatic nitrogens is 1. The number of benzene rings is 1. The third kappa shape index (κ3) is 3.33. The summed E-state index contributed by atoms with van der Waals surface area (Å²) in [6.45, 7) is 0.412. The molecule has 0 radical (unpaired) electrons. The third-order valence-electron chi connectivity index (χ3n) is 5.43. The number of rotatable bonds is 5. The van der Waals surface area contributed by atoms with E-state index < -0.39 is 35.0 Å². The highest BCUT2D eigenvalue weighted by molar-refractivity contribution is 5.97. The molecule has 2 heterocycles. The number of hydrogen-bond acceptors (Lipinski definition) is 6. The summed E-state index contributed by atoms with van der Waals surface area (Å²) in [6.07, 6.45) is 1.72. The summed E-state index contributed by atoms with van der Waals surface area (Å²) < 4.78 is 27.5. The molecule has 1 saturated carbocycles. The average Bonchev–Trinajstić information content (AvgIpc) is 3.43. The monoisotopic (exact) mass is 410 g/mol. The van der Waals surface area contributed by atoms with Crippen LogP contribution in [0, 0.1) is 5.82 Å². The van der Waals surface area contributed by atoms with Gasteiger partial charge in [0.15, 0.2) is 11.6 Å². The van der Waals surface area contributed by atoms with E-state index in [0.717, 1.165) is 18.9 Å². The van der Waals surface area contributed by atoms with Crippen molar-refractivity contribution >= 4 is 22.6 Å². The van der Waals surface area contributed by atoms with Gasteiger partial charge >= 0.3 is 5.97 Å². The van der Waals surface area contributed by atoms with Crippen molar-refractivity contribution in [2.24, 2.45) is 0 Å². The fourth-order valence-electron chi connectivity index (χ4n) is 3.90. The minimum Gasteiger partial charge on any atom is -0.492 e. The van der Waals surface area contributed by atoms with Gasteiger partial charge in [0.1, 0.15) is 17.4 Å². The first-order valence-electron chi connectivity index (χ1n) is 9.01. The predicted molar refractivity (Wildman–Crippen MR) is 103 cm³/mol. The van der Waals surface area contributed by atoms with E-state index in [2.05, 4.69) is 0 Å². The quantitative estimate of drug-likeness (QED) is 0.736. The van der Waals surface area contributed by atoms with Crippen LogP contribution in [0.3, 0.4) is 0 Å². The van der Waals surface area contributed by atoms with Gasteiger partial charge in [-0.3, -0.25) is 4.79 Å². The number of nitrogens with zero attached hydrogens (tertiary/aromatic N) is 2. The summed E-state index contributed by atoms with van der Waals surface area (Å²) in [7, 11) is 2.86. The van der Waals surface area contributed by atoms with Crippen molar-refractivity contribution in [3.8, 4) is 5.75 Å². The van der Waals surface area contributed by atoms with Gasteiger partial charge in [0.05, 0.1) is 24.1 Å². The highest BCUT2D eigenvalue weighted by Gasteiger charge is 2.36. The number of aliphatic hydroxyl groups is 1. The maximum Gasteiger partial charge on any atom is 0.341 e. The van der Waals surface area contributed by atoms with Crippen LogP contribution in [-0.2, 0) is 4.74 Å². The molecule has 10 heteroatoms. The van der Waals surface area contributed by atoms with E-state index >= 15 is 4.39 Å². The minimum atomic E-state index is -1.35. The number of carbonyl (C=O) groups is 1. The lowest BCUT2D eigenvalue weighted by Gasteiger charge is -2.24. The van der Waals surface area contributed by atoms with Crippen LogP contribution < -0.4 is 15.1 Å². The van der Waals surface area contributed by atoms with E-state index in [0.29, 0.717) is 5.52 Å². The molecule has 2 aromatic rings. The SMILES string of the molecule is COc1c(N2CC(O)C(OC)C2)c(F)cc2c(=O)c(C(=O)O)cn(C3CC3)c12.O. The fraction of sp³-hybridized carbons (Fsp3) is 0.474. The van der Waals surface area contributed by atoms with Gasteiger partial charge in [-0.25, -0.2) is 9.18 Å². The molecule has 158 valence electrons. The maximum absolute atomic E-state index is 15.1. The van der Waals surface area contributed by atoms with Crippen molar-refractivity contribution in [2.45, 2.75) is 31.1 Å². The molecule has 2 aliphatic rings. The summed E-state index contributed by atoms with van der Waals surface area (Å²) in [5.74, 6) is -1.91. The molecule has 1 aromatic carbocycles. The second-order valence-electron chi connectivity index (χ2n) is 7.20. The third-order valence-corrected chi connectivity index (χ3v) is 5.43. The molecule has 1 aromatic heterocycles. The molecule has 4 N–H and O–H groups in total. The Hall–Kier alpha value is -2.69. The molecular weight excluding hydrogens is 387 g/mol. The number of fused-ring (bicyclic) bond motifs is 1. The second kappa shape index (κ2) is 7.62. The van der Waals surface area contributed by atoms with Crippen LogP contribution in [0.5, 0.6) is 5.75 Å². The summed E-state index contributed by atoms with van der Waals surface area (Å²) in [5.41, 5.74) is -0.652. The van der Waals surface area contributed by atoms with E-state index in [4.69, 9.17) is 9.47 Å². The molecule has 0 amide bonds. The minimum absolute atomic E-state index is 0. The first kappa shape index (κ1) is 21.0. The Morgan fingerprint density at radius 1 is 1.28 bits per heavy atom. The standard InChI is InChI=1S/C19H21FN2O6.H2O/c1-27-14-8-21(7-13(14)23)16-12(20)5-10-15(18(16)28-2)22(9-3-4-9)6-11(17(10)24)19(25)26;/h5-6,9,13-14,23H,3-4,7-8H2,1-2H3,(H,25,26);1H2. The average molecular weight is 410 g/mol. The van der Waals surface area contributed by atoms with Gasteiger partial charge in [0.25, 0.3) is 0 Å². The lowest BCUT2D eigenvalue weighted by molar-refractivity contribution is 0.0217. The van der Waals surface area contributed by atoms with Crippen molar-refractivity contribution in [2.75, 3.05) is 32.2 Å². The molecule has 0 bridgehead atoms. The van der Waals surface area contributed by atoms with Crippen molar-refractivity contribution in [3.05, 3.63) is 33.9 Å². The first-order valence-corrected chi connectivity index (χ1v) is 9.01. The van der Waals surface area contributed by atoms with Crippen LogP contribution in [0.2, 0.25) is 0 Å². The molecule has 4 rings (SSSR count). The molecule has 2 fully saturated rings. The molecule has 2 atom stereocenters. The topological polar surface area (TPSA) is 133 Å². The van der Waals surface area contributed by atoms with Crippen molar-refractivity contribution in [1.82, 2.24) is 4.57 Å². The highest BCUT2D eigenvalue weighted by atomic mass is 19.1. The van der Waals surface area contributed by atoms with Crippen molar-refractivity contribution in [3.63, 3.8) is 0 Å². The zero-order chi connectivity index (χ0) is 20.2. The van der Waals surface area contributed by atoms with E-state index in [1.54, 1.807) is 9.47 Å². The zero-order valence-electron chi connectivity index (χ0n) is 16.0. The molecule has 1 aliphatic carbocycles. The Bertz CT molecular complexity index is 1020. The molecule has 9 nitrogen and oxygen atoms in total. The molecule has 29 heavy (non-hydrogen) atoms. The Balaban J connectivity index is 0.00000240. The number of ether oxygens (including phenoxy) is 2. The van der Waals surface area contributed by atoms with Gasteiger partial charge < -0.3 is 34.6 Å². The maximum atomic E-state index is 15.1. The Morgan fingerprint density at radius 2 is 1.97 bits per heavy atom.